The van der Waals surface area contributed by atoms with Crippen LogP contribution in [-0.4, -0.2) is 10.9 Å². The van der Waals surface area contributed by atoms with Crippen molar-refractivity contribution in [2.45, 2.75) is 6.92 Å². The van der Waals surface area contributed by atoms with E-state index in [1.165, 1.54) is 0 Å². The molecule has 1 heterocycles. The second kappa shape index (κ2) is 7.27. The van der Waals surface area contributed by atoms with E-state index in [4.69, 9.17) is 0 Å². The van der Waals surface area contributed by atoms with Crippen LogP contribution in [0.2, 0.25) is 0 Å². The Bertz CT molecular complexity index is 862. The highest BCUT2D eigenvalue weighted by molar-refractivity contribution is 9.10. The lowest BCUT2D eigenvalue weighted by molar-refractivity contribution is 0.102. The summed E-state index contributed by atoms with van der Waals surface area (Å²) in [7, 11) is 0. The zero-order valence-corrected chi connectivity index (χ0v) is 14.7. The monoisotopic (exact) mass is 381 g/mol. The van der Waals surface area contributed by atoms with Gasteiger partial charge >= 0.3 is 0 Å². The van der Waals surface area contributed by atoms with Gasteiger partial charge in [-0.05, 0) is 59.3 Å². The molecule has 5 heteroatoms. The van der Waals surface area contributed by atoms with Crippen LogP contribution in [0, 0.1) is 6.92 Å². The summed E-state index contributed by atoms with van der Waals surface area (Å²) < 4.78 is 0.951. The van der Waals surface area contributed by atoms with Gasteiger partial charge in [0, 0.05) is 22.0 Å². The first-order valence-electron chi connectivity index (χ1n) is 7.47. The van der Waals surface area contributed by atoms with Crippen LogP contribution in [-0.2, 0) is 0 Å². The molecule has 3 rings (SSSR count). The van der Waals surface area contributed by atoms with Gasteiger partial charge in [-0.15, -0.1) is 0 Å². The summed E-state index contributed by atoms with van der Waals surface area (Å²) in [4.78, 5) is 16.5. The predicted molar refractivity (Wildman–Crippen MR) is 101 cm³/mol. The van der Waals surface area contributed by atoms with Gasteiger partial charge in [-0.3, -0.25) is 9.78 Å². The molecule has 4 nitrogen and oxygen atoms in total. The second-order valence-corrected chi connectivity index (χ2v) is 6.21. The largest absolute Gasteiger partial charge is 0.354 e. The Kier molecular flexibility index (Phi) is 4.91. The van der Waals surface area contributed by atoms with Gasteiger partial charge < -0.3 is 10.6 Å². The van der Waals surface area contributed by atoms with Crippen molar-refractivity contribution >= 4 is 38.9 Å². The molecule has 2 N–H and O–H groups in total. The first kappa shape index (κ1) is 16.2. The number of halogens is 1. The van der Waals surface area contributed by atoms with Crippen molar-refractivity contribution in [2.24, 2.45) is 0 Å². The van der Waals surface area contributed by atoms with Gasteiger partial charge in [-0.1, -0.05) is 29.8 Å². The Morgan fingerprint density at radius 3 is 2.50 bits per heavy atom. The first-order valence-corrected chi connectivity index (χ1v) is 8.27. The van der Waals surface area contributed by atoms with Gasteiger partial charge in [0.25, 0.3) is 5.91 Å². The SMILES string of the molecule is Cc1ccc(NC(=O)c2cc(Nc3ccccc3Br)ccn2)cc1. The Hall–Kier alpha value is -2.66. The Labute approximate surface area is 149 Å². The van der Waals surface area contributed by atoms with E-state index < -0.39 is 0 Å². The van der Waals surface area contributed by atoms with E-state index in [1.807, 2.05) is 61.5 Å². The quantitative estimate of drug-likeness (QED) is 0.656. The van der Waals surface area contributed by atoms with Crippen molar-refractivity contribution in [3.05, 3.63) is 82.6 Å². The van der Waals surface area contributed by atoms with E-state index in [9.17, 15) is 4.79 Å². The highest BCUT2D eigenvalue weighted by Crippen LogP contribution is 2.25. The summed E-state index contributed by atoms with van der Waals surface area (Å²) in [5.74, 6) is -0.241. The number of carbonyl (C=O) groups is 1. The van der Waals surface area contributed by atoms with Crippen LogP contribution < -0.4 is 10.6 Å². The van der Waals surface area contributed by atoms with Crippen molar-refractivity contribution in [3.8, 4) is 0 Å². The number of carbonyl (C=O) groups excluding carboxylic acids is 1. The number of anilines is 3. The molecule has 2 aromatic carbocycles. The number of nitrogens with one attached hydrogen (secondary N) is 2. The number of aryl methyl sites for hydroxylation is 1. The summed E-state index contributed by atoms with van der Waals surface area (Å²) in [5, 5.41) is 6.12. The number of benzene rings is 2. The summed E-state index contributed by atoms with van der Waals surface area (Å²) in [6.07, 6.45) is 1.61. The van der Waals surface area contributed by atoms with Gasteiger partial charge in [-0.25, -0.2) is 0 Å². The fraction of sp³-hybridized carbons (Fsp3) is 0.0526. The Morgan fingerprint density at radius 1 is 1.00 bits per heavy atom. The fourth-order valence-corrected chi connectivity index (χ4v) is 2.57. The molecule has 0 spiro atoms. The number of para-hydroxylation sites is 1. The molecular formula is C19H16BrN3O. The summed E-state index contributed by atoms with van der Waals surface area (Å²) in [5.41, 5.74) is 3.97. The number of rotatable bonds is 4. The van der Waals surface area contributed by atoms with Crippen molar-refractivity contribution in [1.82, 2.24) is 4.98 Å². The predicted octanol–water partition coefficient (Wildman–Crippen LogP) is 5.15. The molecule has 0 fully saturated rings. The van der Waals surface area contributed by atoms with E-state index in [2.05, 4.69) is 31.5 Å². The minimum atomic E-state index is -0.241. The smallest absolute Gasteiger partial charge is 0.274 e. The molecule has 0 radical (unpaired) electrons. The van der Waals surface area contributed by atoms with Crippen molar-refractivity contribution in [3.63, 3.8) is 0 Å². The second-order valence-electron chi connectivity index (χ2n) is 5.35. The van der Waals surface area contributed by atoms with E-state index in [0.29, 0.717) is 5.69 Å². The van der Waals surface area contributed by atoms with Gasteiger partial charge in [0.05, 0.1) is 5.69 Å². The van der Waals surface area contributed by atoms with Crippen LogP contribution in [0.15, 0.2) is 71.3 Å². The van der Waals surface area contributed by atoms with Crippen LogP contribution in [0.5, 0.6) is 0 Å². The minimum absolute atomic E-state index is 0.241. The van der Waals surface area contributed by atoms with Crippen LogP contribution in [0.1, 0.15) is 16.1 Å². The van der Waals surface area contributed by atoms with E-state index in [1.54, 1.807) is 12.3 Å². The van der Waals surface area contributed by atoms with E-state index in [-0.39, 0.29) is 5.91 Å². The third kappa shape index (κ3) is 4.00. The zero-order chi connectivity index (χ0) is 16.9. The molecule has 0 saturated heterocycles. The minimum Gasteiger partial charge on any atom is -0.354 e. The topological polar surface area (TPSA) is 54.0 Å². The van der Waals surface area contributed by atoms with Gasteiger partial charge in [0.2, 0.25) is 0 Å². The number of hydrogen-bond acceptors (Lipinski definition) is 3. The molecule has 0 aliphatic rings. The Balaban J connectivity index is 1.76. The average molecular weight is 382 g/mol. The zero-order valence-electron chi connectivity index (χ0n) is 13.1. The highest BCUT2D eigenvalue weighted by Gasteiger charge is 2.09. The third-order valence-corrected chi connectivity index (χ3v) is 4.15. The van der Waals surface area contributed by atoms with Crippen molar-refractivity contribution < 1.29 is 4.79 Å². The lowest BCUT2D eigenvalue weighted by Crippen LogP contribution is -2.13. The summed E-state index contributed by atoms with van der Waals surface area (Å²) in [6.45, 7) is 2.00. The maximum absolute atomic E-state index is 12.4. The molecule has 1 aromatic heterocycles. The van der Waals surface area contributed by atoms with Crippen LogP contribution >= 0.6 is 15.9 Å². The molecule has 120 valence electrons. The van der Waals surface area contributed by atoms with Gasteiger partial charge in [-0.2, -0.15) is 0 Å². The molecule has 0 aliphatic carbocycles. The molecule has 0 unspecified atom stereocenters. The average Bonchev–Trinajstić information content (AvgIpc) is 2.59. The number of aromatic nitrogens is 1. The normalized spacial score (nSPS) is 10.2. The Morgan fingerprint density at radius 2 is 1.75 bits per heavy atom. The molecular weight excluding hydrogens is 366 g/mol. The number of amides is 1. The summed E-state index contributed by atoms with van der Waals surface area (Å²) in [6, 6.07) is 19.0. The molecule has 24 heavy (non-hydrogen) atoms. The molecule has 0 atom stereocenters. The molecule has 0 saturated carbocycles. The standard InChI is InChI=1S/C19H16BrN3O/c1-13-6-8-14(9-7-13)23-19(24)18-12-15(10-11-21-18)22-17-5-3-2-4-16(17)20/h2-12H,1H3,(H,21,22)(H,23,24). The van der Waals surface area contributed by atoms with Crippen LogP contribution in [0.4, 0.5) is 17.1 Å². The summed E-state index contributed by atoms with van der Waals surface area (Å²) >= 11 is 3.49. The molecule has 0 bridgehead atoms. The van der Waals surface area contributed by atoms with Crippen molar-refractivity contribution in [1.29, 1.82) is 0 Å². The number of hydrogen-bond donors (Lipinski definition) is 2. The maximum Gasteiger partial charge on any atom is 0.274 e. The van der Waals surface area contributed by atoms with Gasteiger partial charge in [0.1, 0.15) is 5.69 Å². The maximum atomic E-state index is 12.4. The van der Waals surface area contributed by atoms with E-state index in [0.717, 1.165) is 27.1 Å². The lowest BCUT2D eigenvalue weighted by atomic mass is 10.2. The number of nitrogens with zero attached hydrogens (tertiary/aromatic N) is 1. The number of pyridine rings is 1. The van der Waals surface area contributed by atoms with Crippen molar-refractivity contribution in [2.75, 3.05) is 10.6 Å². The third-order valence-electron chi connectivity index (χ3n) is 3.45. The fourth-order valence-electron chi connectivity index (χ4n) is 2.18. The first-order chi connectivity index (χ1) is 11.6. The van der Waals surface area contributed by atoms with Gasteiger partial charge in [0.15, 0.2) is 0 Å². The highest BCUT2D eigenvalue weighted by atomic mass is 79.9. The van der Waals surface area contributed by atoms with Crippen LogP contribution in [0.25, 0.3) is 0 Å². The lowest BCUT2D eigenvalue weighted by Gasteiger charge is -2.10. The molecule has 0 aliphatic heterocycles. The van der Waals surface area contributed by atoms with Crippen LogP contribution in [0.3, 0.4) is 0 Å². The molecule has 1 amide bonds. The molecule has 3 aromatic rings. The van der Waals surface area contributed by atoms with E-state index >= 15 is 0 Å².